The average Bonchev–Trinajstić information content (AvgIpc) is 2.56. The maximum atomic E-state index is 13.3. The van der Waals surface area contributed by atoms with Gasteiger partial charge in [0.15, 0.2) is 4.77 Å². The molecular formula is C11H12ClFN2OS2. The van der Waals surface area contributed by atoms with Crippen molar-refractivity contribution < 1.29 is 8.60 Å². The molecule has 0 aliphatic carbocycles. The molecule has 2 rings (SSSR count). The minimum atomic E-state index is -0.819. The Morgan fingerprint density at radius 2 is 2.28 bits per heavy atom. The van der Waals surface area contributed by atoms with Crippen molar-refractivity contribution in [1.82, 2.24) is 9.55 Å². The molecule has 0 amide bonds. The van der Waals surface area contributed by atoms with Crippen LogP contribution in [0, 0.1) is 10.6 Å². The molecule has 1 heterocycles. The summed E-state index contributed by atoms with van der Waals surface area (Å²) in [5.41, 5.74) is 1.40. The largest absolute Gasteiger partial charge is 0.330 e. The third-order valence-corrected chi connectivity index (χ3v) is 4.11. The zero-order chi connectivity index (χ0) is 13.3. The lowest BCUT2D eigenvalue weighted by Gasteiger charge is -2.04. The number of nitrogens with zero attached hydrogens (tertiary/aromatic N) is 1. The van der Waals surface area contributed by atoms with Crippen molar-refractivity contribution in [1.29, 1.82) is 0 Å². The lowest BCUT2D eigenvalue weighted by atomic mass is 10.3. The molecule has 1 aromatic heterocycles. The van der Waals surface area contributed by atoms with Crippen LogP contribution in [-0.4, -0.2) is 25.8 Å². The van der Waals surface area contributed by atoms with Gasteiger partial charge in [0.05, 0.1) is 16.1 Å². The number of benzene rings is 1. The van der Waals surface area contributed by atoms with E-state index in [2.05, 4.69) is 4.98 Å². The number of halogens is 2. The summed E-state index contributed by atoms with van der Waals surface area (Å²) < 4.78 is 26.7. The number of rotatable bonds is 4. The van der Waals surface area contributed by atoms with Gasteiger partial charge in [0, 0.05) is 35.4 Å². The highest BCUT2D eigenvalue weighted by Crippen LogP contribution is 2.23. The summed E-state index contributed by atoms with van der Waals surface area (Å²) in [6.45, 7) is 0.639. The van der Waals surface area contributed by atoms with Crippen LogP contribution in [-0.2, 0) is 17.3 Å². The molecule has 7 heteroatoms. The highest BCUT2D eigenvalue weighted by atomic mass is 35.5. The van der Waals surface area contributed by atoms with Crippen molar-refractivity contribution in [2.75, 3.05) is 12.0 Å². The van der Waals surface area contributed by atoms with Gasteiger partial charge in [0.2, 0.25) is 0 Å². The molecule has 1 N–H and O–H groups in total. The second-order valence-corrected chi connectivity index (χ2v) is 6.34. The summed E-state index contributed by atoms with van der Waals surface area (Å²) in [6, 6.07) is 2.89. The van der Waals surface area contributed by atoms with Crippen molar-refractivity contribution in [2.45, 2.75) is 13.0 Å². The Kier molecular flexibility index (Phi) is 4.19. The minimum absolute atomic E-state index is 0.0734. The number of H-pyrrole nitrogens is 1. The van der Waals surface area contributed by atoms with E-state index in [9.17, 15) is 8.60 Å². The van der Waals surface area contributed by atoms with E-state index in [0.717, 1.165) is 11.9 Å². The van der Waals surface area contributed by atoms with Gasteiger partial charge in [-0.25, -0.2) is 4.39 Å². The molecule has 0 fully saturated rings. The van der Waals surface area contributed by atoms with E-state index in [4.69, 9.17) is 23.8 Å². The second kappa shape index (κ2) is 5.50. The molecule has 1 aromatic carbocycles. The summed E-state index contributed by atoms with van der Waals surface area (Å²) in [6.07, 6.45) is 2.42. The molecule has 1 atom stereocenters. The SMILES string of the molecule is CS(=O)CCCn1c(=S)[nH]c2cc(F)c(Cl)cc21. The van der Waals surface area contributed by atoms with E-state index in [0.29, 0.717) is 22.6 Å². The van der Waals surface area contributed by atoms with Crippen LogP contribution >= 0.6 is 23.8 Å². The molecular weight excluding hydrogens is 295 g/mol. The van der Waals surface area contributed by atoms with Gasteiger partial charge in [-0.05, 0) is 24.7 Å². The summed E-state index contributed by atoms with van der Waals surface area (Å²) >= 11 is 11.0. The molecule has 18 heavy (non-hydrogen) atoms. The molecule has 0 saturated carbocycles. The van der Waals surface area contributed by atoms with Crippen LogP contribution in [0.25, 0.3) is 11.0 Å². The summed E-state index contributed by atoms with van der Waals surface area (Å²) in [5, 5.41) is 0.0734. The fourth-order valence-electron chi connectivity index (χ4n) is 1.80. The fourth-order valence-corrected chi connectivity index (χ4v) is 2.79. The predicted molar refractivity (Wildman–Crippen MR) is 75.6 cm³/mol. The van der Waals surface area contributed by atoms with Crippen LogP contribution in [0.15, 0.2) is 12.1 Å². The van der Waals surface area contributed by atoms with E-state index < -0.39 is 16.6 Å². The number of nitrogens with one attached hydrogen (secondary N) is 1. The highest BCUT2D eigenvalue weighted by molar-refractivity contribution is 7.84. The van der Waals surface area contributed by atoms with Gasteiger partial charge in [-0.2, -0.15) is 0 Å². The van der Waals surface area contributed by atoms with Crippen molar-refractivity contribution in [2.24, 2.45) is 0 Å². The highest BCUT2D eigenvalue weighted by Gasteiger charge is 2.08. The predicted octanol–water partition coefficient (Wildman–Crippen LogP) is 3.26. The van der Waals surface area contributed by atoms with Gasteiger partial charge in [0.25, 0.3) is 0 Å². The average molecular weight is 307 g/mol. The molecule has 1 unspecified atom stereocenters. The fraction of sp³-hybridized carbons (Fsp3) is 0.364. The third-order valence-electron chi connectivity index (χ3n) is 2.63. The van der Waals surface area contributed by atoms with Gasteiger partial charge in [0.1, 0.15) is 5.82 Å². The van der Waals surface area contributed by atoms with Crippen molar-refractivity contribution in [3.8, 4) is 0 Å². The molecule has 0 spiro atoms. The van der Waals surface area contributed by atoms with E-state index in [-0.39, 0.29) is 5.02 Å². The van der Waals surface area contributed by atoms with Gasteiger partial charge in [-0.1, -0.05) is 11.6 Å². The Morgan fingerprint density at radius 3 is 2.94 bits per heavy atom. The maximum Gasteiger partial charge on any atom is 0.178 e. The molecule has 2 aromatic rings. The summed E-state index contributed by atoms with van der Waals surface area (Å²) in [5.74, 6) is 0.144. The summed E-state index contributed by atoms with van der Waals surface area (Å²) in [7, 11) is -0.819. The molecule has 0 aliphatic rings. The van der Waals surface area contributed by atoms with E-state index in [1.165, 1.54) is 6.07 Å². The summed E-state index contributed by atoms with van der Waals surface area (Å²) in [4.78, 5) is 2.94. The zero-order valence-corrected chi connectivity index (χ0v) is 12.1. The monoisotopic (exact) mass is 306 g/mol. The van der Waals surface area contributed by atoms with E-state index in [1.807, 2.05) is 4.57 Å². The van der Waals surface area contributed by atoms with Crippen molar-refractivity contribution in [3.05, 3.63) is 27.7 Å². The van der Waals surface area contributed by atoms with Gasteiger partial charge >= 0.3 is 0 Å². The van der Waals surface area contributed by atoms with Gasteiger partial charge in [-0.15, -0.1) is 0 Å². The number of hydrogen-bond donors (Lipinski definition) is 1. The molecule has 3 nitrogen and oxygen atoms in total. The minimum Gasteiger partial charge on any atom is -0.330 e. The number of imidazole rings is 1. The number of aryl methyl sites for hydroxylation is 1. The first-order chi connectivity index (χ1) is 8.49. The van der Waals surface area contributed by atoms with Crippen molar-refractivity contribution >= 4 is 45.7 Å². The Morgan fingerprint density at radius 1 is 1.56 bits per heavy atom. The van der Waals surface area contributed by atoms with Crippen LogP contribution in [0.2, 0.25) is 5.02 Å². The van der Waals surface area contributed by atoms with E-state index >= 15 is 0 Å². The first-order valence-electron chi connectivity index (χ1n) is 5.36. The van der Waals surface area contributed by atoms with Crippen LogP contribution in [0.5, 0.6) is 0 Å². The van der Waals surface area contributed by atoms with Crippen LogP contribution < -0.4 is 0 Å². The molecule has 98 valence electrons. The molecule has 0 radical (unpaired) electrons. The third kappa shape index (κ3) is 2.81. The molecule has 0 bridgehead atoms. The Balaban J connectivity index is 2.37. The number of fused-ring (bicyclic) bond motifs is 1. The lowest BCUT2D eigenvalue weighted by Crippen LogP contribution is -2.03. The normalized spacial score (nSPS) is 13.1. The first kappa shape index (κ1) is 13.7. The molecule has 0 aliphatic heterocycles. The Labute approximate surface area is 116 Å². The number of aromatic amines is 1. The number of hydrogen-bond acceptors (Lipinski definition) is 2. The lowest BCUT2D eigenvalue weighted by molar-refractivity contribution is 0.629. The number of aromatic nitrogens is 2. The van der Waals surface area contributed by atoms with Gasteiger partial charge < -0.3 is 9.55 Å². The van der Waals surface area contributed by atoms with Crippen LogP contribution in [0.3, 0.4) is 0 Å². The van der Waals surface area contributed by atoms with Crippen LogP contribution in [0.4, 0.5) is 4.39 Å². The van der Waals surface area contributed by atoms with Crippen LogP contribution in [0.1, 0.15) is 6.42 Å². The van der Waals surface area contributed by atoms with E-state index in [1.54, 1.807) is 12.3 Å². The maximum absolute atomic E-state index is 13.3. The standard InChI is InChI=1S/C11H12ClFN2OS2/c1-18(16)4-2-3-15-10-5-7(12)8(13)6-9(10)14-11(15)17/h5-6H,2-4H2,1H3,(H,14,17). The quantitative estimate of drug-likeness (QED) is 0.880. The van der Waals surface area contributed by atoms with Gasteiger partial charge in [-0.3, -0.25) is 4.21 Å². The molecule has 0 saturated heterocycles. The Hall–Kier alpha value is -0.720. The Bertz CT molecular complexity index is 665. The topological polar surface area (TPSA) is 37.8 Å². The smallest absolute Gasteiger partial charge is 0.178 e. The van der Waals surface area contributed by atoms with Crippen molar-refractivity contribution in [3.63, 3.8) is 0 Å². The second-order valence-electron chi connectivity index (χ2n) is 4.00. The zero-order valence-electron chi connectivity index (χ0n) is 9.70. The first-order valence-corrected chi connectivity index (χ1v) is 7.88.